The van der Waals surface area contributed by atoms with E-state index in [4.69, 9.17) is 13.9 Å². The molecule has 3 rings (SSSR count). The SMILES string of the molecule is C=CCOc1cc(C(C)(C)CCCCCCBr)cc2c1[C@@H]1CC(O)CC[C@H]1[C@](C)(C#CCO[Si](C)(C)C(C)(C)C)O2. The third-order valence-electron chi connectivity index (χ3n) is 9.80. The first-order valence-corrected chi connectivity index (χ1v) is 19.7. The van der Waals surface area contributed by atoms with Gasteiger partial charge in [0.2, 0.25) is 0 Å². The minimum atomic E-state index is -1.89. The molecule has 1 saturated carbocycles. The van der Waals surface area contributed by atoms with E-state index in [0.717, 1.165) is 41.7 Å². The van der Waals surface area contributed by atoms with Crippen LogP contribution >= 0.6 is 15.9 Å². The van der Waals surface area contributed by atoms with E-state index in [1.807, 2.05) is 0 Å². The highest BCUT2D eigenvalue weighted by Crippen LogP contribution is 2.55. The van der Waals surface area contributed by atoms with Gasteiger partial charge in [-0.1, -0.05) is 94.3 Å². The molecule has 1 unspecified atom stereocenters. The number of aliphatic hydroxyl groups excluding tert-OH is 1. The molecule has 1 heterocycles. The molecule has 4 nitrogen and oxygen atoms in total. The molecule has 1 N–H and O–H groups in total. The normalized spacial score (nSPS) is 24.4. The first kappa shape index (κ1) is 34.2. The minimum Gasteiger partial charge on any atom is -0.489 e. The number of unbranched alkanes of at least 4 members (excludes halogenated alkanes) is 3. The van der Waals surface area contributed by atoms with Gasteiger partial charge in [-0.2, -0.15) is 0 Å². The van der Waals surface area contributed by atoms with Gasteiger partial charge in [0.25, 0.3) is 0 Å². The maximum atomic E-state index is 10.8. The van der Waals surface area contributed by atoms with Crippen molar-refractivity contribution in [3.8, 4) is 23.3 Å². The van der Waals surface area contributed by atoms with Crippen molar-refractivity contribution in [2.45, 2.75) is 134 Å². The monoisotopic (exact) mass is 646 g/mol. The standard InChI is InChI=1S/C35H55BrO4Si/c1-10-21-38-30-23-26(34(5,6)18-13-11-12-14-20-36)24-31-32(30)28-25-27(37)16-17-29(28)35(7,40-31)19-15-22-39-41(8,9)33(2,3)4/h10,23-24,27-29,37H,1,11-14,16-18,20-22,25H2,2-9H3/t27?,28-,29-,35+/m1/s1. The molecule has 0 radical (unpaired) electrons. The third kappa shape index (κ3) is 8.43. The van der Waals surface area contributed by atoms with E-state index in [2.05, 4.69) is 101 Å². The van der Waals surface area contributed by atoms with Gasteiger partial charge in [-0.05, 0) is 80.3 Å². The maximum Gasteiger partial charge on any atom is 0.193 e. The van der Waals surface area contributed by atoms with E-state index in [1.165, 1.54) is 31.2 Å². The molecule has 1 aliphatic carbocycles. The Hall–Kier alpha value is -1.26. The van der Waals surface area contributed by atoms with Gasteiger partial charge in [0.1, 0.15) is 18.1 Å². The molecule has 0 bridgehead atoms. The summed E-state index contributed by atoms with van der Waals surface area (Å²) >= 11 is 3.55. The van der Waals surface area contributed by atoms with Gasteiger partial charge in [-0.3, -0.25) is 0 Å². The highest BCUT2D eigenvalue weighted by molar-refractivity contribution is 9.09. The number of halogens is 1. The van der Waals surface area contributed by atoms with Crippen molar-refractivity contribution >= 4 is 24.2 Å². The largest absolute Gasteiger partial charge is 0.489 e. The summed E-state index contributed by atoms with van der Waals surface area (Å²) in [7, 11) is -1.89. The molecule has 6 heteroatoms. The Morgan fingerprint density at radius 3 is 2.51 bits per heavy atom. The van der Waals surface area contributed by atoms with Crippen LogP contribution in [0.5, 0.6) is 11.5 Å². The lowest BCUT2D eigenvalue weighted by Crippen LogP contribution is -2.49. The first-order chi connectivity index (χ1) is 19.1. The zero-order chi connectivity index (χ0) is 30.5. The van der Waals surface area contributed by atoms with Crippen molar-refractivity contribution in [1.82, 2.24) is 0 Å². The summed E-state index contributed by atoms with van der Waals surface area (Å²) in [6.07, 6.45) is 9.79. The quantitative estimate of drug-likeness (QED) is 0.0808. The number of hydrogen-bond donors (Lipinski definition) is 1. The summed E-state index contributed by atoms with van der Waals surface area (Å²) in [5.41, 5.74) is 1.62. The second kappa shape index (κ2) is 14.0. The minimum absolute atomic E-state index is 0.0267. The smallest absolute Gasteiger partial charge is 0.193 e. The fourth-order valence-corrected chi connectivity index (χ4v) is 7.33. The fourth-order valence-electron chi connectivity index (χ4n) is 6.06. The van der Waals surface area contributed by atoms with Crippen LogP contribution in [0.1, 0.15) is 110 Å². The van der Waals surface area contributed by atoms with Crippen molar-refractivity contribution in [3.05, 3.63) is 35.9 Å². The topological polar surface area (TPSA) is 47.9 Å². The van der Waals surface area contributed by atoms with Gasteiger partial charge < -0.3 is 19.0 Å². The van der Waals surface area contributed by atoms with Crippen molar-refractivity contribution in [2.24, 2.45) is 5.92 Å². The van der Waals surface area contributed by atoms with Gasteiger partial charge in [-0.25, -0.2) is 0 Å². The fraction of sp³-hybridized carbons (Fsp3) is 0.714. The van der Waals surface area contributed by atoms with Crippen LogP contribution in [0.4, 0.5) is 0 Å². The van der Waals surface area contributed by atoms with E-state index >= 15 is 0 Å². The van der Waals surface area contributed by atoms with E-state index < -0.39 is 13.9 Å². The summed E-state index contributed by atoms with van der Waals surface area (Å²) in [6.45, 7) is 22.8. The molecular weight excluding hydrogens is 592 g/mol. The van der Waals surface area contributed by atoms with Crippen molar-refractivity contribution in [2.75, 3.05) is 18.5 Å². The Bertz CT molecular complexity index is 1100. The molecule has 0 spiro atoms. The maximum absolute atomic E-state index is 10.8. The summed E-state index contributed by atoms with van der Waals surface area (Å²) < 4.78 is 19.6. The highest BCUT2D eigenvalue weighted by atomic mass is 79.9. The van der Waals surface area contributed by atoms with Crippen LogP contribution in [0, 0.1) is 17.8 Å². The second-order valence-electron chi connectivity index (χ2n) is 14.5. The van der Waals surface area contributed by atoms with Gasteiger partial charge in [0.15, 0.2) is 13.9 Å². The van der Waals surface area contributed by atoms with E-state index in [1.54, 1.807) is 6.08 Å². The van der Waals surface area contributed by atoms with Gasteiger partial charge in [-0.15, -0.1) is 0 Å². The van der Waals surface area contributed by atoms with Crippen LogP contribution in [0.15, 0.2) is 24.8 Å². The van der Waals surface area contributed by atoms with Crippen LogP contribution < -0.4 is 9.47 Å². The van der Waals surface area contributed by atoms with Crippen molar-refractivity contribution < 1.29 is 19.0 Å². The summed E-state index contributed by atoms with van der Waals surface area (Å²) in [5, 5.41) is 12.0. The van der Waals surface area contributed by atoms with Crippen LogP contribution in [0.2, 0.25) is 18.1 Å². The lowest BCUT2D eigenvalue weighted by molar-refractivity contribution is -0.00810. The number of hydrogen-bond acceptors (Lipinski definition) is 4. The highest BCUT2D eigenvalue weighted by Gasteiger charge is 2.50. The summed E-state index contributed by atoms with van der Waals surface area (Å²) in [6, 6.07) is 4.46. The molecule has 0 amide bonds. The Morgan fingerprint density at radius 2 is 1.85 bits per heavy atom. The van der Waals surface area contributed by atoms with Crippen molar-refractivity contribution in [3.63, 3.8) is 0 Å². The number of fused-ring (bicyclic) bond motifs is 3. The Labute approximate surface area is 260 Å². The molecule has 230 valence electrons. The van der Waals surface area contributed by atoms with Crippen LogP contribution in [0.25, 0.3) is 0 Å². The molecule has 41 heavy (non-hydrogen) atoms. The molecule has 0 aromatic heterocycles. The lowest BCUT2D eigenvalue weighted by atomic mass is 9.65. The van der Waals surface area contributed by atoms with Crippen LogP contribution in [0.3, 0.4) is 0 Å². The summed E-state index contributed by atoms with van der Waals surface area (Å²) in [5.74, 6) is 8.90. The van der Waals surface area contributed by atoms with Crippen LogP contribution in [-0.4, -0.2) is 43.7 Å². The molecular formula is C35H55BrO4Si. The average Bonchev–Trinajstić information content (AvgIpc) is 2.88. The number of rotatable bonds is 12. The Morgan fingerprint density at radius 1 is 1.15 bits per heavy atom. The molecule has 1 fully saturated rings. The van der Waals surface area contributed by atoms with Crippen LogP contribution in [-0.2, 0) is 9.84 Å². The number of alkyl halides is 1. The number of aliphatic hydroxyl groups is 1. The van der Waals surface area contributed by atoms with Crippen molar-refractivity contribution in [1.29, 1.82) is 0 Å². The van der Waals surface area contributed by atoms with Gasteiger partial charge in [0, 0.05) is 22.7 Å². The zero-order valence-electron chi connectivity index (χ0n) is 27.0. The molecule has 2 aliphatic rings. The van der Waals surface area contributed by atoms with E-state index in [0.29, 0.717) is 19.6 Å². The Balaban J connectivity index is 1.98. The van der Waals surface area contributed by atoms with Gasteiger partial charge >= 0.3 is 0 Å². The zero-order valence-corrected chi connectivity index (χ0v) is 29.6. The molecule has 1 aliphatic heterocycles. The first-order valence-electron chi connectivity index (χ1n) is 15.6. The van der Waals surface area contributed by atoms with Gasteiger partial charge in [0.05, 0.1) is 12.7 Å². The number of benzene rings is 1. The third-order valence-corrected chi connectivity index (χ3v) is 14.8. The molecule has 0 saturated heterocycles. The molecule has 1 aromatic rings. The average molecular weight is 648 g/mol. The molecule has 4 atom stereocenters. The van der Waals surface area contributed by atoms with E-state index in [-0.39, 0.29) is 28.4 Å². The summed E-state index contributed by atoms with van der Waals surface area (Å²) in [4.78, 5) is 0. The Kier molecular flexibility index (Phi) is 11.7. The number of ether oxygens (including phenoxy) is 2. The predicted molar refractivity (Wildman–Crippen MR) is 178 cm³/mol. The second-order valence-corrected chi connectivity index (χ2v) is 20.1. The lowest BCUT2D eigenvalue weighted by Gasteiger charge is -2.48. The predicted octanol–water partition coefficient (Wildman–Crippen LogP) is 9.30. The molecule has 1 aromatic carbocycles. The van der Waals surface area contributed by atoms with E-state index in [9.17, 15) is 5.11 Å².